The minimum atomic E-state index is 0.0557. The molecule has 1 aliphatic carbocycles. The number of rotatable bonds is 2. The third-order valence-corrected chi connectivity index (χ3v) is 6.23. The van der Waals surface area contributed by atoms with Gasteiger partial charge in [0.05, 0.1) is 11.1 Å². The minimum Gasteiger partial charge on any atom is -0.354 e. The first-order valence-electron chi connectivity index (χ1n) is 8.77. The molecule has 1 saturated heterocycles. The second-order valence-electron chi connectivity index (χ2n) is 7.27. The van der Waals surface area contributed by atoms with Crippen molar-refractivity contribution in [3.05, 3.63) is 29.2 Å². The molecule has 1 amide bonds. The number of aryl methyl sites for hydroxylation is 1. The van der Waals surface area contributed by atoms with Crippen LogP contribution in [0.25, 0.3) is 11.0 Å². The highest BCUT2D eigenvalue weighted by molar-refractivity contribution is 7.07. The van der Waals surface area contributed by atoms with Crippen molar-refractivity contribution in [3.8, 4) is 0 Å². The first-order valence-corrected chi connectivity index (χ1v) is 9.54. The second kappa shape index (κ2) is 5.73. The Kier molecular flexibility index (Phi) is 3.46. The minimum absolute atomic E-state index is 0.0557. The molecule has 134 valence electrons. The van der Waals surface area contributed by atoms with Crippen molar-refractivity contribution in [2.45, 2.75) is 19.8 Å². The molecule has 1 aliphatic heterocycles. The number of nitrogens with one attached hydrogen (secondary N) is 1. The smallest absolute Gasteiger partial charge is 0.267 e. The lowest BCUT2D eigenvalue weighted by atomic mass is 10.1. The first kappa shape index (κ1) is 15.7. The van der Waals surface area contributed by atoms with Gasteiger partial charge in [0.2, 0.25) is 0 Å². The van der Waals surface area contributed by atoms with E-state index in [1.54, 1.807) is 6.33 Å². The molecule has 0 bridgehead atoms. The molecule has 0 unspecified atom stereocenters. The summed E-state index contributed by atoms with van der Waals surface area (Å²) in [6, 6.07) is 2.02. The van der Waals surface area contributed by atoms with Crippen molar-refractivity contribution in [3.63, 3.8) is 0 Å². The zero-order valence-corrected chi connectivity index (χ0v) is 15.3. The van der Waals surface area contributed by atoms with Crippen LogP contribution in [0, 0.1) is 12.3 Å². The maximum absolute atomic E-state index is 13.0. The van der Waals surface area contributed by atoms with Gasteiger partial charge in [0.25, 0.3) is 5.91 Å². The van der Waals surface area contributed by atoms with Gasteiger partial charge in [0, 0.05) is 37.8 Å². The summed E-state index contributed by atoms with van der Waals surface area (Å²) in [5.74, 6) is 1.01. The molecule has 3 aromatic heterocycles. The first-order chi connectivity index (χ1) is 12.7. The molecular weight excluding hydrogens is 350 g/mol. The van der Waals surface area contributed by atoms with Gasteiger partial charge in [0.1, 0.15) is 22.7 Å². The van der Waals surface area contributed by atoms with Gasteiger partial charge in [-0.05, 0) is 37.4 Å². The number of carbonyl (C=O) groups excluding carboxylic acids is 1. The van der Waals surface area contributed by atoms with Crippen LogP contribution in [-0.2, 0) is 0 Å². The Balaban J connectivity index is 1.45. The molecule has 1 spiro atoms. The molecule has 3 aromatic rings. The number of amides is 1. The van der Waals surface area contributed by atoms with E-state index in [-0.39, 0.29) is 11.3 Å². The van der Waals surface area contributed by atoms with E-state index in [1.807, 2.05) is 24.1 Å². The fourth-order valence-electron chi connectivity index (χ4n) is 3.79. The number of carbonyl (C=O) groups is 1. The van der Waals surface area contributed by atoms with E-state index in [0.717, 1.165) is 55.0 Å². The predicted molar refractivity (Wildman–Crippen MR) is 98.3 cm³/mol. The van der Waals surface area contributed by atoms with E-state index in [2.05, 4.69) is 29.4 Å². The van der Waals surface area contributed by atoms with Crippen molar-refractivity contribution in [1.29, 1.82) is 0 Å². The number of hydrogen-bond donors (Lipinski definition) is 1. The molecule has 2 fully saturated rings. The number of nitrogens with zero attached hydrogens (tertiary/aromatic N) is 6. The average Bonchev–Trinajstić information content (AvgIpc) is 3.06. The number of hydrogen-bond acceptors (Lipinski definition) is 7. The third kappa shape index (κ3) is 2.54. The lowest BCUT2D eigenvalue weighted by Gasteiger charge is -2.25. The lowest BCUT2D eigenvalue weighted by Crippen LogP contribution is -2.36. The second-order valence-corrected chi connectivity index (χ2v) is 8.03. The Morgan fingerprint density at radius 2 is 2.15 bits per heavy atom. The van der Waals surface area contributed by atoms with Crippen LogP contribution in [-0.4, -0.2) is 61.5 Å². The maximum Gasteiger partial charge on any atom is 0.267 e. The van der Waals surface area contributed by atoms with Gasteiger partial charge in [-0.2, -0.15) is 0 Å². The molecule has 0 radical (unpaired) electrons. The van der Waals surface area contributed by atoms with E-state index in [0.29, 0.717) is 11.4 Å². The third-order valence-electron chi connectivity index (χ3n) is 5.41. The summed E-state index contributed by atoms with van der Waals surface area (Å²) in [6.07, 6.45) is 5.79. The summed E-state index contributed by atoms with van der Waals surface area (Å²) in [6.45, 7) is 5.00. The van der Waals surface area contributed by atoms with Crippen LogP contribution in [0.15, 0.2) is 18.6 Å². The van der Waals surface area contributed by atoms with Crippen LogP contribution < -0.4 is 4.90 Å². The van der Waals surface area contributed by atoms with Gasteiger partial charge in [0.15, 0.2) is 0 Å². The largest absolute Gasteiger partial charge is 0.354 e. The Labute approximate surface area is 154 Å². The topological polar surface area (TPSA) is 90.9 Å². The van der Waals surface area contributed by atoms with Crippen LogP contribution >= 0.6 is 11.5 Å². The van der Waals surface area contributed by atoms with Crippen LogP contribution in [0.3, 0.4) is 0 Å². The molecular formula is C17H19N7OS. The van der Waals surface area contributed by atoms with E-state index in [1.165, 1.54) is 11.5 Å². The zero-order valence-electron chi connectivity index (χ0n) is 14.5. The summed E-state index contributed by atoms with van der Waals surface area (Å²) < 4.78 is 3.92. The van der Waals surface area contributed by atoms with Crippen LogP contribution in [0.2, 0.25) is 0 Å². The summed E-state index contributed by atoms with van der Waals surface area (Å²) >= 11 is 1.19. The van der Waals surface area contributed by atoms with Crippen molar-refractivity contribution in [2.24, 2.45) is 5.41 Å². The molecule has 5 rings (SSSR count). The van der Waals surface area contributed by atoms with E-state index < -0.39 is 0 Å². The molecule has 1 saturated carbocycles. The molecule has 0 aromatic carbocycles. The number of aromatic nitrogens is 5. The summed E-state index contributed by atoms with van der Waals surface area (Å²) in [5, 5.41) is 5.02. The fourth-order valence-corrected chi connectivity index (χ4v) is 4.41. The molecule has 8 nitrogen and oxygen atoms in total. The monoisotopic (exact) mass is 369 g/mol. The summed E-state index contributed by atoms with van der Waals surface area (Å²) in [5.41, 5.74) is 1.74. The van der Waals surface area contributed by atoms with Crippen molar-refractivity contribution in [1.82, 2.24) is 29.4 Å². The lowest BCUT2D eigenvalue weighted by molar-refractivity contribution is 0.0744. The van der Waals surface area contributed by atoms with Crippen LogP contribution in [0.5, 0.6) is 0 Å². The van der Waals surface area contributed by atoms with Gasteiger partial charge in [-0.3, -0.25) is 4.79 Å². The van der Waals surface area contributed by atoms with E-state index >= 15 is 0 Å². The zero-order chi connectivity index (χ0) is 17.7. The van der Waals surface area contributed by atoms with Crippen molar-refractivity contribution in [2.75, 3.05) is 31.1 Å². The Morgan fingerprint density at radius 3 is 2.92 bits per heavy atom. The molecule has 1 N–H and O–H groups in total. The Bertz CT molecular complexity index is 976. The van der Waals surface area contributed by atoms with Crippen LogP contribution in [0.1, 0.15) is 28.2 Å². The van der Waals surface area contributed by atoms with Gasteiger partial charge >= 0.3 is 0 Å². The quantitative estimate of drug-likeness (QED) is 0.741. The van der Waals surface area contributed by atoms with E-state index in [9.17, 15) is 4.79 Å². The molecule has 0 atom stereocenters. The maximum atomic E-state index is 13.0. The highest BCUT2D eigenvalue weighted by atomic mass is 32.1. The van der Waals surface area contributed by atoms with Gasteiger partial charge in [-0.25, -0.2) is 9.97 Å². The van der Waals surface area contributed by atoms with Gasteiger partial charge < -0.3 is 14.8 Å². The number of fused-ring (bicyclic) bond motifs is 1. The normalized spacial score (nSPS) is 19.1. The molecule has 9 heteroatoms. The van der Waals surface area contributed by atoms with Gasteiger partial charge in [-0.1, -0.05) is 4.49 Å². The molecule has 26 heavy (non-hydrogen) atoms. The predicted octanol–water partition coefficient (Wildman–Crippen LogP) is 1.86. The Hall–Kier alpha value is -2.55. The standard InChI is InChI=1S/C17H19N7OS/c1-11-13(26-22-21-11)16(25)24-7-6-23(8-17(9-24)3-4-17)15-12-2-5-18-14(12)19-10-20-15/h2,5,10H,3-4,6-9H2,1H3,(H,18,19,20). The van der Waals surface area contributed by atoms with Gasteiger partial charge in [-0.15, -0.1) is 5.10 Å². The molecule has 4 heterocycles. The SMILES string of the molecule is Cc1nnsc1C(=O)N1CCN(c2ncnc3[nH]ccc23)CC2(CC2)C1. The van der Waals surface area contributed by atoms with Crippen molar-refractivity contribution >= 4 is 34.3 Å². The highest BCUT2D eigenvalue weighted by Gasteiger charge is 2.48. The average molecular weight is 369 g/mol. The van der Waals surface area contributed by atoms with Crippen LogP contribution in [0.4, 0.5) is 5.82 Å². The summed E-state index contributed by atoms with van der Waals surface area (Å²) in [4.78, 5) is 29.9. The number of aromatic amines is 1. The fraction of sp³-hybridized carbons (Fsp3) is 0.471. The molecule has 2 aliphatic rings. The van der Waals surface area contributed by atoms with E-state index in [4.69, 9.17) is 0 Å². The van der Waals surface area contributed by atoms with Crippen molar-refractivity contribution < 1.29 is 4.79 Å². The Morgan fingerprint density at radius 1 is 1.27 bits per heavy atom. The number of anilines is 1. The highest BCUT2D eigenvalue weighted by Crippen LogP contribution is 2.48. The number of H-pyrrole nitrogens is 1. The summed E-state index contributed by atoms with van der Waals surface area (Å²) in [7, 11) is 0.